The van der Waals surface area contributed by atoms with Crippen molar-refractivity contribution in [3.05, 3.63) is 40.4 Å². The van der Waals surface area contributed by atoms with Gasteiger partial charge in [-0.1, -0.05) is 18.2 Å². The number of carbonyl (C=O) groups is 1. The Labute approximate surface area is 158 Å². The zero-order valence-electron chi connectivity index (χ0n) is 15.6. The fraction of sp³-hybridized carbons (Fsp3) is 0.474. The molecule has 1 aliphatic heterocycles. The number of hydrogen-bond donors (Lipinski definition) is 1. The molecule has 1 saturated heterocycles. The van der Waals surface area contributed by atoms with Crippen molar-refractivity contribution in [2.75, 3.05) is 44.2 Å². The van der Waals surface area contributed by atoms with Crippen molar-refractivity contribution < 1.29 is 9.53 Å². The van der Waals surface area contributed by atoms with Crippen molar-refractivity contribution in [1.29, 1.82) is 0 Å². The molecule has 1 fully saturated rings. The van der Waals surface area contributed by atoms with Crippen LogP contribution >= 0.6 is 11.3 Å². The average molecular weight is 375 g/mol. The molecule has 0 spiro atoms. The first kappa shape index (κ1) is 18.5. The lowest BCUT2D eigenvalue weighted by Gasteiger charge is -2.34. The molecule has 1 N–H and O–H groups in total. The number of aryl methyl sites for hydroxylation is 3. The molecule has 0 unspecified atom stereocenters. The molecule has 140 valence electrons. The summed E-state index contributed by atoms with van der Waals surface area (Å²) < 4.78 is 5.83. The van der Waals surface area contributed by atoms with Gasteiger partial charge in [0, 0.05) is 31.6 Å². The molecule has 0 saturated carbocycles. The highest BCUT2D eigenvalue weighted by molar-refractivity contribution is 7.13. The third kappa shape index (κ3) is 4.46. The summed E-state index contributed by atoms with van der Waals surface area (Å²) >= 11 is 1.66. The number of amides is 2. The van der Waals surface area contributed by atoms with Crippen molar-refractivity contribution in [3.63, 3.8) is 0 Å². The molecule has 2 heterocycles. The summed E-state index contributed by atoms with van der Waals surface area (Å²) in [5.74, 6) is 0.911. The van der Waals surface area contributed by atoms with Crippen molar-refractivity contribution in [1.82, 2.24) is 15.2 Å². The van der Waals surface area contributed by atoms with Crippen molar-refractivity contribution >= 4 is 22.5 Å². The minimum absolute atomic E-state index is 0.0231. The second-order valence-corrected chi connectivity index (χ2v) is 7.38. The maximum atomic E-state index is 12.3. The number of para-hydroxylation sites is 1. The highest BCUT2D eigenvalue weighted by atomic mass is 32.1. The number of nitrogens with one attached hydrogen (secondary N) is 1. The van der Waals surface area contributed by atoms with Crippen LogP contribution in [0.1, 0.15) is 16.8 Å². The van der Waals surface area contributed by atoms with Gasteiger partial charge in [-0.05, 0) is 31.9 Å². The second kappa shape index (κ2) is 8.40. The number of nitrogens with zero attached hydrogens (tertiary/aromatic N) is 3. The first-order chi connectivity index (χ1) is 12.5. The molecular weight excluding hydrogens is 348 g/mol. The first-order valence-electron chi connectivity index (χ1n) is 8.93. The van der Waals surface area contributed by atoms with E-state index in [0.717, 1.165) is 40.8 Å². The van der Waals surface area contributed by atoms with Gasteiger partial charge in [-0.3, -0.25) is 0 Å². The van der Waals surface area contributed by atoms with Crippen LogP contribution in [-0.2, 0) is 0 Å². The van der Waals surface area contributed by atoms with Crippen LogP contribution in [0.5, 0.6) is 5.75 Å². The van der Waals surface area contributed by atoms with E-state index in [2.05, 4.69) is 20.6 Å². The summed E-state index contributed by atoms with van der Waals surface area (Å²) in [6.45, 7) is 10.1. The summed E-state index contributed by atoms with van der Waals surface area (Å²) in [5, 5.41) is 6.06. The normalized spacial score (nSPS) is 14.4. The van der Waals surface area contributed by atoms with E-state index in [-0.39, 0.29) is 6.03 Å². The van der Waals surface area contributed by atoms with Crippen LogP contribution in [0.4, 0.5) is 9.93 Å². The smallest absolute Gasteiger partial charge is 0.317 e. The predicted octanol–water partition coefficient (Wildman–Crippen LogP) is 2.98. The summed E-state index contributed by atoms with van der Waals surface area (Å²) in [6.07, 6.45) is 0. The SMILES string of the molecule is Cc1csc(N2CCN(C(=O)NCCOc3c(C)cccc3C)CC2)n1. The van der Waals surface area contributed by atoms with Gasteiger partial charge in [-0.2, -0.15) is 0 Å². The molecule has 26 heavy (non-hydrogen) atoms. The maximum absolute atomic E-state index is 12.3. The molecule has 2 aromatic rings. The van der Waals surface area contributed by atoms with Crippen molar-refractivity contribution in [2.45, 2.75) is 20.8 Å². The van der Waals surface area contributed by atoms with Gasteiger partial charge < -0.3 is 19.9 Å². The Morgan fingerprint density at radius 1 is 1.19 bits per heavy atom. The van der Waals surface area contributed by atoms with Crippen LogP contribution in [0.2, 0.25) is 0 Å². The predicted molar refractivity (Wildman–Crippen MR) is 105 cm³/mol. The van der Waals surface area contributed by atoms with Crippen LogP contribution < -0.4 is 15.0 Å². The highest BCUT2D eigenvalue weighted by Crippen LogP contribution is 2.22. The number of urea groups is 1. The van der Waals surface area contributed by atoms with Crippen LogP contribution in [0.15, 0.2) is 23.6 Å². The standard InChI is InChI=1S/C19H26N4O2S/c1-14-5-4-6-15(2)17(14)25-12-7-20-18(24)22-8-10-23(11-9-22)19-21-16(3)13-26-19/h4-6,13H,7-12H2,1-3H3,(H,20,24). The van der Waals surface area contributed by atoms with Gasteiger partial charge in [-0.15, -0.1) is 11.3 Å². The Morgan fingerprint density at radius 3 is 2.50 bits per heavy atom. The number of thiazole rings is 1. The summed E-state index contributed by atoms with van der Waals surface area (Å²) in [6, 6.07) is 6.06. The third-order valence-corrected chi connectivity index (χ3v) is 5.50. The fourth-order valence-corrected chi connectivity index (χ4v) is 3.89. The van der Waals surface area contributed by atoms with E-state index in [0.29, 0.717) is 26.2 Å². The first-order valence-corrected chi connectivity index (χ1v) is 9.81. The molecule has 1 aromatic carbocycles. The lowest BCUT2D eigenvalue weighted by Crippen LogP contribution is -2.52. The largest absolute Gasteiger partial charge is 0.491 e. The van der Waals surface area contributed by atoms with Gasteiger partial charge in [0.1, 0.15) is 12.4 Å². The Balaban J connectivity index is 1.39. The summed E-state index contributed by atoms with van der Waals surface area (Å²) in [4.78, 5) is 20.9. The van der Waals surface area contributed by atoms with Crippen LogP contribution in [-0.4, -0.2) is 55.2 Å². The van der Waals surface area contributed by atoms with Gasteiger partial charge in [0.15, 0.2) is 5.13 Å². The minimum Gasteiger partial charge on any atom is -0.491 e. The fourth-order valence-electron chi connectivity index (χ4n) is 3.04. The van der Waals surface area contributed by atoms with E-state index >= 15 is 0 Å². The number of anilines is 1. The van der Waals surface area contributed by atoms with Gasteiger partial charge in [-0.25, -0.2) is 9.78 Å². The van der Waals surface area contributed by atoms with Crippen molar-refractivity contribution in [2.24, 2.45) is 0 Å². The molecular formula is C19H26N4O2S. The third-order valence-electron chi connectivity index (χ3n) is 4.48. The molecule has 3 rings (SSSR count). The lowest BCUT2D eigenvalue weighted by molar-refractivity contribution is 0.191. The number of piperazine rings is 1. The summed E-state index contributed by atoms with van der Waals surface area (Å²) in [7, 11) is 0. The highest BCUT2D eigenvalue weighted by Gasteiger charge is 2.22. The number of aromatic nitrogens is 1. The summed E-state index contributed by atoms with van der Waals surface area (Å²) in [5.41, 5.74) is 3.28. The molecule has 1 aliphatic rings. The van der Waals surface area contributed by atoms with Crippen LogP contribution in [0, 0.1) is 20.8 Å². The molecule has 0 radical (unpaired) electrons. The molecule has 7 heteroatoms. The van der Waals surface area contributed by atoms with Crippen LogP contribution in [0.25, 0.3) is 0 Å². The van der Waals surface area contributed by atoms with Gasteiger partial charge >= 0.3 is 6.03 Å². The van der Waals surface area contributed by atoms with Gasteiger partial charge in [0.25, 0.3) is 0 Å². The Morgan fingerprint density at radius 2 is 1.88 bits per heavy atom. The van der Waals surface area contributed by atoms with E-state index < -0.39 is 0 Å². The van der Waals surface area contributed by atoms with E-state index in [1.807, 2.05) is 43.9 Å². The Kier molecular flexibility index (Phi) is 5.98. The molecule has 0 bridgehead atoms. The number of hydrogen-bond acceptors (Lipinski definition) is 5. The maximum Gasteiger partial charge on any atom is 0.317 e. The topological polar surface area (TPSA) is 57.7 Å². The van der Waals surface area contributed by atoms with Gasteiger partial charge in [0.2, 0.25) is 0 Å². The number of ether oxygens (including phenoxy) is 1. The number of carbonyl (C=O) groups excluding carboxylic acids is 1. The monoisotopic (exact) mass is 374 g/mol. The molecule has 0 atom stereocenters. The number of benzene rings is 1. The zero-order valence-corrected chi connectivity index (χ0v) is 16.4. The minimum atomic E-state index is -0.0231. The molecule has 1 aromatic heterocycles. The molecule has 0 aliphatic carbocycles. The Hall–Kier alpha value is -2.28. The van der Waals surface area contributed by atoms with E-state index in [1.165, 1.54) is 0 Å². The van der Waals surface area contributed by atoms with Crippen LogP contribution in [0.3, 0.4) is 0 Å². The Bertz CT molecular complexity index is 733. The van der Waals surface area contributed by atoms with E-state index in [1.54, 1.807) is 11.3 Å². The second-order valence-electron chi connectivity index (χ2n) is 6.55. The van der Waals surface area contributed by atoms with E-state index in [4.69, 9.17) is 4.74 Å². The van der Waals surface area contributed by atoms with E-state index in [9.17, 15) is 4.79 Å². The number of rotatable bonds is 5. The van der Waals surface area contributed by atoms with Crippen molar-refractivity contribution in [3.8, 4) is 5.75 Å². The zero-order chi connectivity index (χ0) is 18.5. The average Bonchev–Trinajstić information content (AvgIpc) is 3.07. The molecule has 2 amide bonds. The lowest BCUT2D eigenvalue weighted by atomic mass is 10.1. The van der Waals surface area contributed by atoms with Gasteiger partial charge in [0.05, 0.1) is 12.2 Å². The molecule has 6 nitrogen and oxygen atoms in total. The quantitative estimate of drug-likeness (QED) is 0.818.